The van der Waals surface area contributed by atoms with Gasteiger partial charge in [-0.1, -0.05) is 12.5 Å². The molecule has 1 saturated carbocycles. The van der Waals surface area contributed by atoms with E-state index in [1.54, 1.807) is 13.3 Å². The minimum Gasteiger partial charge on any atom is -0.481 e. The summed E-state index contributed by atoms with van der Waals surface area (Å²) in [4.78, 5) is 15.2. The zero-order valence-electron chi connectivity index (χ0n) is 11.1. The van der Waals surface area contributed by atoms with E-state index in [9.17, 15) is 4.79 Å². The Morgan fingerprint density at radius 1 is 1.53 bits per heavy atom. The third kappa shape index (κ3) is 3.67. The van der Waals surface area contributed by atoms with Gasteiger partial charge in [-0.25, -0.2) is 4.98 Å². The number of hydrogen-bond donors (Lipinski definition) is 2. The second-order valence-electron chi connectivity index (χ2n) is 4.98. The van der Waals surface area contributed by atoms with Crippen LogP contribution in [0.1, 0.15) is 24.8 Å². The standard InChI is InChI=1S/C14H20N2O3/c1-19-13-6-5-10(8-16-13)7-15-9-11-3-2-4-12(11)14(17)18/h5-6,8,11-12,15H,2-4,7,9H2,1H3,(H,17,18). The van der Waals surface area contributed by atoms with Gasteiger partial charge >= 0.3 is 5.97 Å². The van der Waals surface area contributed by atoms with Crippen LogP contribution < -0.4 is 10.1 Å². The summed E-state index contributed by atoms with van der Waals surface area (Å²) in [6.45, 7) is 1.46. The maximum absolute atomic E-state index is 11.1. The number of rotatable bonds is 6. The molecule has 0 aromatic carbocycles. The molecule has 0 aliphatic heterocycles. The predicted octanol–water partition coefficient (Wildman–Crippen LogP) is 1.68. The number of nitrogens with zero attached hydrogens (tertiary/aromatic N) is 1. The van der Waals surface area contributed by atoms with Gasteiger partial charge in [-0.3, -0.25) is 4.79 Å². The molecule has 1 fully saturated rings. The molecule has 0 saturated heterocycles. The number of carbonyl (C=O) groups is 1. The van der Waals surface area contributed by atoms with Crippen LogP contribution in [0.25, 0.3) is 0 Å². The van der Waals surface area contributed by atoms with Gasteiger partial charge in [0.15, 0.2) is 0 Å². The lowest BCUT2D eigenvalue weighted by Gasteiger charge is -2.16. The Morgan fingerprint density at radius 3 is 3.00 bits per heavy atom. The van der Waals surface area contributed by atoms with Crippen LogP contribution in [-0.4, -0.2) is 29.7 Å². The van der Waals surface area contributed by atoms with Crippen molar-refractivity contribution < 1.29 is 14.6 Å². The molecular formula is C14H20N2O3. The second-order valence-corrected chi connectivity index (χ2v) is 4.98. The number of methoxy groups -OCH3 is 1. The zero-order valence-corrected chi connectivity index (χ0v) is 11.1. The van der Waals surface area contributed by atoms with Crippen LogP contribution in [0.5, 0.6) is 5.88 Å². The molecule has 104 valence electrons. The number of nitrogens with one attached hydrogen (secondary N) is 1. The van der Waals surface area contributed by atoms with Crippen LogP contribution in [-0.2, 0) is 11.3 Å². The SMILES string of the molecule is COc1ccc(CNCC2CCCC2C(=O)O)cn1. The summed E-state index contributed by atoms with van der Waals surface area (Å²) in [6, 6.07) is 3.79. The molecule has 19 heavy (non-hydrogen) atoms. The fraction of sp³-hybridized carbons (Fsp3) is 0.571. The van der Waals surface area contributed by atoms with Crippen molar-refractivity contribution in [2.45, 2.75) is 25.8 Å². The number of carboxylic acid groups (broad SMARTS) is 1. The lowest BCUT2D eigenvalue weighted by atomic mass is 9.96. The summed E-state index contributed by atoms with van der Waals surface area (Å²) >= 11 is 0. The molecule has 2 unspecified atom stereocenters. The molecule has 1 aliphatic carbocycles. The molecule has 1 heterocycles. The van der Waals surface area contributed by atoms with Crippen molar-refractivity contribution in [1.82, 2.24) is 10.3 Å². The predicted molar refractivity (Wildman–Crippen MR) is 71.0 cm³/mol. The molecule has 5 heteroatoms. The highest BCUT2D eigenvalue weighted by atomic mass is 16.5. The molecule has 0 spiro atoms. The van der Waals surface area contributed by atoms with Crippen LogP contribution in [0.4, 0.5) is 0 Å². The molecule has 5 nitrogen and oxygen atoms in total. The van der Waals surface area contributed by atoms with Crippen molar-refractivity contribution >= 4 is 5.97 Å². The van der Waals surface area contributed by atoms with E-state index in [1.165, 1.54) is 0 Å². The van der Waals surface area contributed by atoms with Gasteiger partial charge in [-0.2, -0.15) is 0 Å². The van der Waals surface area contributed by atoms with Crippen molar-refractivity contribution in [2.24, 2.45) is 11.8 Å². The first-order chi connectivity index (χ1) is 9.20. The molecule has 2 rings (SSSR count). The Kier molecular flexibility index (Phi) is 4.74. The molecular weight excluding hydrogens is 244 g/mol. The number of carboxylic acids is 1. The van der Waals surface area contributed by atoms with E-state index < -0.39 is 5.97 Å². The normalized spacial score (nSPS) is 22.4. The monoisotopic (exact) mass is 264 g/mol. The molecule has 1 aromatic rings. The minimum atomic E-state index is -0.657. The van der Waals surface area contributed by atoms with E-state index in [-0.39, 0.29) is 11.8 Å². The first kappa shape index (κ1) is 13.8. The van der Waals surface area contributed by atoms with Crippen molar-refractivity contribution in [3.8, 4) is 5.88 Å². The Morgan fingerprint density at radius 2 is 2.37 bits per heavy atom. The van der Waals surface area contributed by atoms with Gasteiger partial charge in [0.2, 0.25) is 5.88 Å². The Hall–Kier alpha value is -1.62. The topological polar surface area (TPSA) is 71.5 Å². The Balaban J connectivity index is 1.78. The fourth-order valence-electron chi connectivity index (χ4n) is 2.64. The van der Waals surface area contributed by atoms with Crippen LogP contribution in [0.15, 0.2) is 18.3 Å². The van der Waals surface area contributed by atoms with E-state index in [2.05, 4.69) is 10.3 Å². The van der Waals surface area contributed by atoms with Crippen LogP contribution in [0.2, 0.25) is 0 Å². The quantitative estimate of drug-likeness (QED) is 0.818. The first-order valence-electron chi connectivity index (χ1n) is 6.63. The van der Waals surface area contributed by atoms with Crippen molar-refractivity contribution in [3.63, 3.8) is 0 Å². The maximum atomic E-state index is 11.1. The van der Waals surface area contributed by atoms with Crippen LogP contribution >= 0.6 is 0 Å². The number of aromatic nitrogens is 1. The molecule has 0 bridgehead atoms. The van der Waals surface area contributed by atoms with E-state index in [0.717, 1.165) is 31.4 Å². The number of aliphatic carboxylic acids is 1. The van der Waals surface area contributed by atoms with E-state index in [4.69, 9.17) is 9.84 Å². The molecule has 0 radical (unpaired) electrons. The van der Waals surface area contributed by atoms with Gasteiger partial charge in [-0.05, 0) is 30.9 Å². The number of pyridine rings is 1. The zero-order chi connectivity index (χ0) is 13.7. The summed E-state index contributed by atoms with van der Waals surface area (Å²) in [5.41, 5.74) is 1.07. The largest absolute Gasteiger partial charge is 0.481 e. The highest BCUT2D eigenvalue weighted by Crippen LogP contribution is 2.31. The summed E-state index contributed by atoms with van der Waals surface area (Å²) in [5.74, 6) is 0.0195. The lowest BCUT2D eigenvalue weighted by molar-refractivity contribution is -0.142. The molecule has 1 aromatic heterocycles. The first-order valence-corrected chi connectivity index (χ1v) is 6.63. The lowest BCUT2D eigenvalue weighted by Crippen LogP contribution is -2.28. The number of ether oxygens (including phenoxy) is 1. The van der Waals surface area contributed by atoms with E-state index in [1.807, 2.05) is 12.1 Å². The van der Waals surface area contributed by atoms with Gasteiger partial charge in [0.1, 0.15) is 0 Å². The van der Waals surface area contributed by atoms with Gasteiger partial charge < -0.3 is 15.2 Å². The van der Waals surface area contributed by atoms with Crippen LogP contribution in [0, 0.1) is 11.8 Å². The summed E-state index contributed by atoms with van der Waals surface area (Å²) in [5, 5.41) is 12.4. The fourth-order valence-corrected chi connectivity index (χ4v) is 2.64. The summed E-state index contributed by atoms with van der Waals surface area (Å²) in [6.07, 6.45) is 4.61. The number of hydrogen-bond acceptors (Lipinski definition) is 4. The average Bonchev–Trinajstić information content (AvgIpc) is 2.88. The van der Waals surface area contributed by atoms with Gasteiger partial charge in [0.05, 0.1) is 13.0 Å². The van der Waals surface area contributed by atoms with E-state index in [0.29, 0.717) is 12.4 Å². The highest BCUT2D eigenvalue weighted by molar-refractivity contribution is 5.70. The Bertz CT molecular complexity index is 419. The average molecular weight is 264 g/mol. The van der Waals surface area contributed by atoms with Crippen molar-refractivity contribution in [2.75, 3.05) is 13.7 Å². The smallest absolute Gasteiger partial charge is 0.306 e. The maximum Gasteiger partial charge on any atom is 0.306 e. The summed E-state index contributed by atoms with van der Waals surface area (Å²) < 4.78 is 5.00. The Labute approximate surface area is 113 Å². The van der Waals surface area contributed by atoms with Crippen molar-refractivity contribution in [1.29, 1.82) is 0 Å². The third-order valence-electron chi connectivity index (χ3n) is 3.72. The van der Waals surface area contributed by atoms with Gasteiger partial charge in [0.25, 0.3) is 0 Å². The highest BCUT2D eigenvalue weighted by Gasteiger charge is 2.32. The minimum absolute atomic E-state index is 0.179. The van der Waals surface area contributed by atoms with Gasteiger partial charge in [-0.15, -0.1) is 0 Å². The van der Waals surface area contributed by atoms with Crippen molar-refractivity contribution in [3.05, 3.63) is 23.9 Å². The van der Waals surface area contributed by atoms with Gasteiger partial charge in [0, 0.05) is 18.8 Å². The summed E-state index contributed by atoms with van der Waals surface area (Å²) in [7, 11) is 1.59. The second kappa shape index (κ2) is 6.52. The molecule has 1 aliphatic rings. The van der Waals surface area contributed by atoms with Crippen LogP contribution in [0.3, 0.4) is 0 Å². The molecule has 2 atom stereocenters. The molecule has 2 N–H and O–H groups in total. The third-order valence-corrected chi connectivity index (χ3v) is 3.72. The molecule has 0 amide bonds. The van der Waals surface area contributed by atoms with E-state index >= 15 is 0 Å².